The fraction of sp³-hybridized carbons (Fsp3) is 0.182. The van der Waals surface area contributed by atoms with Gasteiger partial charge in [-0.3, -0.25) is 9.59 Å². The van der Waals surface area contributed by atoms with Gasteiger partial charge in [0.25, 0.3) is 5.56 Å². The number of aryl methyl sites for hydroxylation is 2. The lowest BCUT2D eigenvalue weighted by atomic mass is 10.1. The van der Waals surface area contributed by atoms with Crippen molar-refractivity contribution in [3.8, 4) is 5.69 Å². The number of amides is 1. The Morgan fingerprint density at radius 2 is 1.94 bits per heavy atom. The second kappa shape index (κ2) is 9.15. The lowest BCUT2D eigenvalue weighted by molar-refractivity contribution is -0.137. The molecule has 0 saturated heterocycles. The molecule has 2 aromatic carbocycles. The van der Waals surface area contributed by atoms with Crippen LogP contribution in [0.1, 0.15) is 16.7 Å². The van der Waals surface area contributed by atoms with Crippen LogP contribution in [0.5, 0.6) is 0 Å². The van der Waals surface area contributed by atoms with Crippen LogP contribution in [0.2, 0.25) is 5.02 Å². The van der Waals surface area contributed by atoms with E-state index >= 15 is 0 Å². The number of nitrogens with one attached hydrogen (secondary N) is 2. The molecule has 0 atom stereocenters. The maximum Gasteiger partial charge on any atom is 0.416 e. The third kappa shape index (κ3) is 4.95. The van der Waals surface area contributed by atoms with E-state index in [0.29, 0.717) is 5.65 Å². The van der Waals surface area contributed by atoms with Gasteiger partial charge in [-0.1, -0.05) is 29.4 Å². The van der Waals surface area contributed by atoms with E-state index in [1.165, 1.54) is 10.9 Å². The monoisotopic (exact) mass is 507 g/mol. The van der Waals surface area contributed by atoms with E-state index in [2.05, 4.69) is 20.4 Å². The second-order valence-electron chi connectivity index (χ2n) is 7.46. The first-order valence-electron chi connectivity index (χ1n) is 9.88. The van der Waals surface area contributed by atoms with Crippen LogP contribution in [-0.4, -0.2) is 31.4 Å². The zero-order valence-electron chi connectivity index (χ0n) is 17.8. The molecule has 0 saturated carbocycles. The van der Waals surface area contributed by atoms with E-state index < -0.39 is 23.2 Å². The molecule has 0 radical (unpaired) electrons. The summed E-state index contributed by atoms with van der Waals surface area (Å²) in [7, 11) is 0. The Kier molecular flexibility index (Phi) is 6.41. The minimum Gasteiger partial charge on any atom is -0.324 e. The molecule has 2 N–H and O–H groups in total. The largest absolute Gasteiger partial charge is 0.416 e. The van der Waals surface area contributed by atoms with Gasteiger partial charge in [0.05, 0.1) is 33.9 Å². The molecular weight excluding hydrogens is 491 g/mol. The second-order valence-corrected chi connectivity index (χ2v) is 8.83. The van der Waals surface area contributed by atoms with Crippen LogP contribution >= 0.6 is 23.4 Å². The van der Waals surface area contributed by atoms with Crippen LogP contribution in [0.4, 0.5) is 18.9 Å². The zero-order valence-corrected chi connectivity index (χ0v) is 19.4. The van der Waals surface area contributed by atoms with Gasteiger partial charge in [-0.2, -0.15) is 18.3 Å². The quantitative estimate of drug-likeness (QED) is 0.288. The first-order chi connectivity index (χ1) is 16.0. The lowest BCUT2D eigenvalue weighted by Gasteiger charge is -2.11. The highest BCUT2D eigenvalue weighted by molar-refractivity contribution is 7.99. The van der Waals surface area contributed by atoms with Crippen molar-refractivity contribution in [1.82, 2.24) is 19.7 Å². The third-order valence-corrected chi connectivity index (χ3v) is 6.26. The molecule has 1 amide bonds. The average molecular weight is 508 g/mol. The number of anilines is 1. The average Bonchev–Trinajstić information content (AvgIpc) is 3.19. The summed E-state index contributed by atoms with van der Waals surface area (Å²) in [6.45, 7) is 3.94. The van der Waals surface area contributed by atoms with Crippen molar-refractivity contribution in [2.75, 3.05) is 11.1 Å². The summed E-state index contributed by atoms with van der Waals surface area (Å²) in [6, 6.07) is 8.37. The van der Waals surface area contributed by atoms with Crippen LogP contribution in [0.3, 0.4) is 0 Å². The number of aromatic amines is 1. The normalized spacial score (nSPS) is 11.7. The third-order valence-electron chi connectivity index (χ3n) is 5.06. The summed E-state index contributed by atoms with van der Waals surface area (Å²) in [4.78, 5) is 31.8. The molecule has 0 aliphatic heterocycles. The number of carbonyl (C=O) groups is 1. The Hall–Kier alpha value is -3.31. The van der Waals surface area contributed by atoms with Crippen molar-refractivity contribution >= 4 is 46.0 Å². The summed E-state index contributed by atoms with van der Waals surface area (Å²) in [6.07, 6.45) is -3.16. The highest BCUT2D eigenvalue weighted by atomic mass is 35.5. The Morgan fingerprint density at radius 1 is 1.18 bits per heavy atom. The molecule has 0 bridgehead atoms. The van der Waals surface area contributed by atoms with Crippen molar-refractivity contribution in [2.24, 2.45) is 0 Å². The number of thioether (sulfide) groups is 1. The fourth-order valence-electron chi connectivity index (χ4n) is 3.13. The van der Waals surface area contributed by atoms with Crippen molar-refractivity contribution in [2.45, 2.75) is 25.2 Å². The molecule has 0 unspecified atom stereocenters. The topological polar surface area (TPSA) is 92.7 Å². The van der Waals surface area contributed by atoms with Gasteiger partial charge < -0.3 is 10.3 Å². The summed E-state index contributed by atoms with van der Waals surface area (Å²) in [5, 5.41) is 7.04. The number of H-pyrrole nitrogens is 1. The predicted molar refractivity (Wildman–Crippen MR) is 125 cm³/mol. The number of fused-ring (bicyclic) bond motifs is 1. The fourth-order valence-corrected chi connectivity index (χ4v) is 3.95. The minimum absolute atomic E-state index is 0.0309. The van der Waals surface area contributed by atoms with Gasteiger partial charge in [0.2, 0.25) is 5.91 Å². The number of hydrogen-bond donors (Lipinski definition) is 2. The number of carbonyl (C=O) groups excluding carboxylic acids is 1. The highest BCUT2D eigenvalue weighted by Crippen LogP contribution is 2.34. The van der Waals surface area contributed by atoms with Gasteiger partial charge in [-0.05, 0) is 55.3 Å². The molecule has 7 nitrogen and oxygen atoms in total. The number of halogens is 4. The molecule has 4 rings (SSSR count). The molecule has 2 aromatic heterocycles. The smallest absolute Gasteiger partial charge is 0.324 e. The lowest BCUT2D eigenvalue weighted by Crippen LogP contribution is -2.16. The molecule has 176 valence electrons. The van der Waals surface area contributed by atoms with E-state index in [4.69, 9.17) is 11.6 Å². The van der Waals surface area contributed by atoms with Crippen molar-refractivity contribution in [3.05, 3.63) is 74.7 Å². The minimum atomic E-state index is -4.57. The van der Waals surface area contributed by atoms with Gasteiger partial charge >= 0.3 is 6.18 Å². The van der Waals surface area contributed by atoms with Crippen molar-refractivity contribution in [1.29, 1.82) is 0 Å². The molecule has 0 spiro atoms. The summed E-state index contributed by atoms with van der Waals surface area (Å²) in [5.41, 5.74) is 1.67. The molecule has 0 aliphatic rings. The van der Waals surface area contributed by atoms with Gasteiger partial charge in [0.1, 0.15) is 5.39 Å². The number of benzene rings is 2. The van der Waals surface area contributed by atoms with E-state index in [1.54, 1.807) is 0 Å². The summed E-state index contributed by atoms with van der Waals surface area (Å²) < 4.78 is 40.3. The van der Waals surface area contributed by atoms with Crippen LogP contribution < -0.4 is 10.9 Å². The maximum atomic E-state index is 12.9. The number of aromatic nitrogens is 4. The van der Waals surface area contributed by atoms with Crippen LogP contribution in [0, 0.1) is 13.8 Å². The van der Waals surface area contributed by atoms with Crippen LogP contribution in [0.15, 0.2) is 52.5 Å². The number of nitrogens with zero attached hydrogens (tertiary/aromatic N) is 3. The summed E-state index contributed by atoms with van der Waals surface area (Å²) in [5.74, 6) is -0.838. The number of rotatable bonds is 5. The molecule has 34 heavy (non-hydrogen) atoms. The van der Waals surface area contributed by atoms with Crippen LogP contribution in [-0.2, 0) is 11.0 Å². The Morgan fingerprint density at radius 3 is 2.65 bits per heavy atom. The van der Waals surface area contributed by atoms with Gasteiger partial charge in [-0.15, -0.1) is 0 Å². The highest BCUT2D eigenvalue weighted by Gasteiger charge is 2.31. The van der Waals surface area contributed by atoms with Crippen LogP contribution in [0.25, 0.3) is 16.7 Å². The van der Waals surface area contributed by atoms with E-state index in [-0.39, 0.29) is 27.0 Å². The van der Waals surface area contributed by atoms with E-state index in [9.17, 15) is 22.8 Å². The number of alkyl halides is 3. The van der Waals surface area contributed by atoms with Gasteiger partial charge in [-0.25, -0.2) is 9.67 Å². The first-order valence-corrected chi connectivity index (χ1v) is 11.2. The van der Waals surface area contributed by atoms with Gasteiger partial charge in [0, 0.05) is 0 Å². The molecule has 2 heterocycles. The Labute approximate surface area is 200 Å². The zero-order chi connectivity index (χ0) is 24.6. The molecule has 0 fully saturated rings. The van der Waals surface area contributed by atoms with Crippen molar-refractivity contribution in [3.63, 3.8) is 0 Å². The molecular formula is C22H17ClF3N5O2S. The van der Waals surface area contributed by atoms with E-state index in [1.807, 2.05) is 32.0 Å². The first kappa shape index (κ1) is 23.8. The Balaban J connectivity index is 1.54. The Bertz CT molecular complexity index is 1470. The molecule has 0 aliphatic carbocycles. The standard InChI is InChI=1S/C22H17ClF3N5O2S/c1-11-3-5-14(7-12(11)2)31-19-15(9-27-31)20(33)30-21(29-19)34-10-18(32)28-17-8-13(22(24,25)26)4-6-16(17)23/h3-9H,10H2,1-2H3,(H,28,32)(H,29,30,33). The SMILES string of the molecule is Cc1ccc(-n2ncc3c(=O)[nH]c(SCC(=O)Nc4cc(C(F)(F)F)ccc4Cl)nc32)cc1C. The van der Waals surface area contributed by atoms with Gasteiger partial charge in [0.15, 0.2) is 10.8 Å². The number of hydrogen-bond acceptors (Lipinski definition) is 5. The van der Waals surface area contributed by atoms with E-state index in [0.717, 1.165) is 46.8 Å². The maximum absolute atomic E-state index is 12.9. The molecule has 4 aromatic rings. The van der Waals surface area contributed by atoms with Crippen molar-refractivity contribution < 1.29 is 18.0 Å². The molecule has 12 heteroatoms. The predicted octanol–water partition coefficient (Wildman–Crippen LogP) is 5.13. The summed E-state index contributed by atoms with van der Waals surface area (Å²) >= 11 is 6.84.